The van der Waals surface area contributed by atoms with E-state index in [1.165, 1.54) is 35.1 Å². The van der Waals surface area contributed by atoms with Crippen molar-refractivity contribution in [2.24, 2.45) is 17.3 Å². The third-order valence-electron chi connectivity index (χ3n) is 7.95. The number of hydrogen-bond acceptors (Lipinski definition) is 2. The van der Waals surface area contributed by atoms with Crippen molar-refractivity contribution in [2.75, 3.05) is 7.11 Å². The predicted octanol–water partition coefficient (Wildman–Crippen LogP) is 5.61. The summed E-state index contributed by atoms with van der Waals surface area (Å²) in [4.78, 5) is 0. The van der Waals surface area contributed by atoms with Crippen LogP contribution in [-0.4, -0.2) is 18.3 Å². The molecule has 3 aliphatic rings. The summed E-state index contributed by atoms with van der Waals surface area (Å²) in [6.07, 6.45) is 7.63. The molecule has 0 amide bonds. The van der Waals surface area contributed by atoms with E-state index in [2.05, 4.69) is 55.5 Å². The molecule has 1 N–H and O–H groups in total. The van der Waals surface area contributed by atoms with E-state index >= 15 is 0 Å². The maximum Gasteiger partial charge on any atom is 0.119 e. The Kier molecular flexibility index (Phi) is 4.35. The maximum absolute atomic E-state index is 11.3. The van der Waals surface area contributed by atoms with Gasteiger partial charge in [0.1, 0.15) is 5.75 Å². The van der Waals surface area contributed by atoms with Crippen LogP contribution in [0.3, 0.4) is 0 Å². The summed E-state index contributed by atoms with van der Waals surface area (Å²) < 4.78 is 5.45. The van der Waals surface area contributed by atoms with Gasteiger partial charge in [-0.15, -0.1) is 0 Å². The fraction of sp³-hybridized carbons (Fsp3) is 0.462. The summed E-state index contributed by atoms with van der Waals surface area (Å²) in [6.45, 7) is 2.34. The van der Waals surface area contributed by atoms with Crippen molar-refractivity contribution >= 4 is 6.08 Å². The fourth-order valence-electron chi connectivity index (χ4n) is 6.45. The van der Waals surface area contributed by atoms with E-state index in [0.717, 1.165) is 25.0 Å². The Morgan fingerprint density at radius 1 is 1.11 bits per heavy atom. The molecule has 2 aromatic rings. The first kappa shape index (κ1) is 18.0. The Labute approximate surface area is 168 Å². The highest BCUT2D eigenvalue weighted by Gasteiger charge is 2.56. The fourth-order valence-corrected chi connectivity index (χ4v) is 6.45. The van der Waals surface area contributed by atoms with Gasteiger partial charge in [-0.1, -0.05) is 49.4 Å². The van der Waals surface area contributed by atoms with Crippen LogP contribution in [0.2, 0.25) is 0 Å². The van der Waals surface area contributed by atoms with Gasteiger partial charge in [0.05, 0.1) is 13.2 Å². The number of benzene rings is 2. The van der Waals surface area contributed by atoms with Crippen molar-refractivity contribution in [3.8, 4) is 5.75 Å². The van der Waals surface area contributed by atoms with Crippen LogP contribution in [0.5, 0.6) is 5.75 Å². The number of ether oxygens (including phenoxy) is 1. The Morgan fingerprint density at radius 2 is 1.93 bits per heavy atom. The SMILES string of the molecule is COc1ccc2c(c1)CC[C@@H]1[C@@H]2CC[C@@]2(C)[C@@H]1C/C(=C\c1ccccc1)[C@@H]2O. The molecule has 2 fully saturated rings. The molecule has 0 aliphatic heterocycles. The first-order valence-corrected chi connectivity index (χ1v) is 10.7. The summed E-state index contributed by atoms with van der Waals surface area (Å²) in [6, 6.07) is 17.1. The summed E-state index contributed by atoms with van der Waals surface area (Å²) in [7, 11) is 1.75. The van der Waals surface area contributed by atoms with Crippen LogP contribution in [0.25, 0.3) is 6.08 Å². The van der Waals surface area contributed by atoms with Crippen LogP contribution >= 0.6 is 0 Å². The lowest BCUT2D eigenvalue weighted by Crippen LogP contribution is -2.44. The van der Waals surface area contributed by atoms with Gasteiger partial charge in [-0.3, -0.25) is 0 Å². The highest BCUT2D eigenvalue weighted by molar-refractivity contribution is 5.55. The molecule has 2 nitrogen and oxygen atoms in total. The van der Waals surface area contributed by atoms with Gasteiger partial charge in [0.2, 0.25) is 0 Å². The van der Waals surface area contributed by atoms with E-state index in [-0.39, 0.29) is 11.5 Å². The normalized spacial score (nSPS) is 35.2. The highest BCUT2D eigenvalue weighted by atomic mass is 16.5. The number of aliphatic hydroxyl groups is 1. The summed E-state index contributed by atoms with van der Waals surface area (Å²) in [5.74, 6) is 2.86. The Hall–Kier alpha value is -2.06. The monoisotopic (exact) mass is 374 g/mol. The first-order valence-electron chi connectivity index (χ1n) is 10.7. The molecule has 0 unspecified atom stereocenters. The predicted molar refractivity (Wildman–Crippen MR) is 113 cm³/mol. The summed E-state index contributed by atoms with van der Waals surface area (Å²) >= 11 is 0. The van der Waals surface area contributed by atoms with Gasteiger partial charge >= 0.3 is 0 Å². The van der Waals surface area contributed by atoms with Crippen LogP contribution in [0.1, 0.15) is 55.2 Å². The second kappa shape index (κ2) is 6.77. The number of fused-ring (bicyclic) bond motifs is 5. The quantitative estimate of drug-likeness (QED) is 0.741. The standard InChI is InChI=1S/C26H30O2/c1-26-13-12-22-21-11-9-20(28-2)15-18(21)8-10-23(22)24(26)16-19(25(26)27)14-17-6-4-3-5-7-17/h3-7,9,11,14-15,22-25,27H,8,10,12-13,16H2,1-2H3/b19-14+/t22-,23-,24-,25+,26+/m1/s1. The number of aliphatic hydroxyl groups excluding tert-OH is 1. The van der Waals surface area contributed by atoms with Gasteiger partial charge in [0.25, 0.3) is 0 Å². The van der Waals surface area contributed by atoms with Gasteiger partial charge in [-0.2, -0.15) is 0 Å². The third kappa shape index (κ3) is 2.73. The molecule has 3 aliphatic carbocycles. The van der Waals surface area contributed by atoms with E-state index in [1.54, 1.807) is 7.11 Å². The average Bonchev–Trinajstić information content (AvgIpc) is 2.99. The number of hydrogen-bond donors (Lipinski definition) is 1. The van der Waals surface area contributed by atoms with E-state index in [0.29, 0.717) is 17.8 Å². The minimum atomic E-state index is -0.309. The van der Waals surface area contributed by atoms with Crippen molar-refractivity contribution in [2.45, 2.75) is 51.0 Å². The highest BCUT2D eigenvalue weighted by Crippen LogP contribution is 2.62. The summed E-state index contributed by atoms with van der Waals surface area (Å²) in [5.41, 5.74) is 5.47. The van der Waals surface area contributed by atoms with Crippen molar-refractivity contribution in [1.82, 2.24) is 0 Å². The Bertz CT molecular complexity index is 900. The smallest absolute Gasteiger partial charge is 0.119 e. The van der Waals surface area contributed by atoms with E-state index in [1.807, 2.05) is 6.07 Å². The molecule has 2 saturated carbocycles. The molecule has 28 heavy (non-hydrogen) atoms. The number of aryl methyl sites for hydroxylation is 1. The number of methoxy groups -OCH3 is 1. The second-order valence-corrected chi connectivity index (χ2v) is 9.26. The van der Waals surface area contributed by atoms with Crippen molar-refractivity contribution in [1.29, 1.82) is 0 Å². The van der Waals surface area contributed by atoms with Crippen LogP contribution in [-0.2, 0) is 6.42 Å². The Balaban J connectivity index is 1.47. The molecule has 0 aromatic heterocycles. The maximum atomic E-state index is 11.3. The van der Waals surface area contributed by atoms with Crippen molar-refractivity contribution < 1.29 is 9.84 Å². The molecular weight excluding hydrogens is 344 g/mol. The lowest BCUT2D eigenvalue weighted by molar-refractivity contribution is -0.0158. The topological polar surface area (TPSA) is 29.5 Å². The molecule has 0 heterocycles. The van der Waals surface area contributed by atoms with Crippen LogP contribution in [0.15, 0.2) is 54.1 Å². The zero-order chi connectivity index (χ0) is 19.3. The van der Waals surface area contributed by atoms with Crippen molar-refractivity contribution in [3.63, 3.8) is 0 Å². The molecule has 2 heteroatoms. The summed E-state index contributed by atoms with van der Waals surface area (Å²) in [5, 5.41) is 11.3. The molecule has 0 spiro atoms. The Morgan fingerprint density at radius 3 is 2.71 bits per heavy atom. The second-order valence-electron chi connectivity index (χ2n) is 9.26. The minimum Gasteiger partial charge on any atom is -0.497 e. The van der Waals surface area contributed by atoms with Crippen LogP contribution < -0.4 is 4.74 Å². The largest absolute Gasteiger partial charge is 0.497 e. The van der Waals surface area contributed by atoms with Gasteiger partial charge in [0, 0.05) is 5.41 Å². The average molecular weight is 375 g/mol. The van der Waals surface area contributed by atoms with Gasteiger partial charge < -0.3 is 9.84 Å². The minimum absolute atomic E-state index is 0.0196. The first-order chi connectivity index (χ1) is 13.6. The molecule has 2 aromatic carbocycles. The van der Waals surface area contributed by atoms with Gasteiger partial charge in [0.15, 0.2) is 0 Å². The zero-order valence-corrected chi connectivity index (χ0v) is 16.9. The van der Waals surface area contributed by atoms with Crippen LogP contribution in [0, 0.1) is 17.3 Å². The lowest BCUT2D eigenvalue weighted by Gasteiger charge is -2.49. The molecular formula is C26H30O2. The van der Waals surface area contributed by atoms with Crippen molar-refractivity contribution in [3.05, 3.63) is 70.8 Å². The van der Waals surface area contributed by atoms with Crippen LogP contribution in [0.4, 0.5) is 0 Å². The molecule has 0 radical (unpaired) electrons. The van der Waals surface area contributed by atoms with E-state index in [4.69, 9.17) is 4.74 Å². The molecule has 146 valence electrons. The van der Waals surface area contributed by atoms with Gasteiger partial charge in [-0.25, -0.2) is 0 Å². The molecule has 5 atom stereocenters. The van der Waals surface area contributed by atoms with E-state index < -0.39 is 0 Å². The number of rotatable bonds is 2. The molecule has 0 saturated heterocycles. The van der Waals surface area contributed by atoms with Gasteiger partial charge in [-0.05, 0) is 84.3 Å². The molecule has 0 bridgehead atoms. The third-order valence-corrected chi connectivity index (χ3v) is 7.95. The molecule has 5 rings (SSSR count). The zero-order valence-electron chi connectivity index (χ0n) is 16.9. The van der Waals surface area contributed by atoms with E-state index in [9.17, 15) is 5.11 Å². The lowest BCUT2D eigenvalue weighted by atomic mass is 9.55.